The second kappa shape index (κ2) is 9.29. The fourth-order valence-corrected chi connectivity index (χ4v) is 4.71. The van der Waals surface area contributed by atoms with Crippen molar-refractivity contribution < 1.29 is 13.9 Å². The van der Waals surface area contributed by atoms with Gasteiger partial charge in [0, 0.05) is 24.7 Å². The quantitative estimate of drug-likeness (QED) is 0.386. The van der Waals surface area contributed by atoms with E-state index in [1.807, 2.05) is 67.3 Å². The monoisotopic (exact) mass is 457 g/mol. The molecular weight excluding hydrogens is 429 g/mol. The second-order valence-corrected chi connectivity index (χ2v) is 8.90. The Balaban J connectivity index is 1.32. The zero-order valence-corrected chi connectivity index (χ0v) is 19.5. The van der Waals surface area contributed by atoms with Gasteiger partial charge in [-0.25, -0.2) is 9.37 Å². The second-order valence-electron chi connectivity index (χ2n) is 8.90. The standard InChI is InChI=1S/C28H28FN3O2/c1-19-7-6-10-26(20(19)2)34-18-27(33)31-15-13-23(14-16-31)32-25-17-22(29)11-12-24(25)30-28(32)21-8-4-3-5-9-21/h3-12,17,23H,13-16,18H2,1-2H3. The van der Waals surface area contributed by atoms with Crippen molar-refractivity contribution in [3.63, 3.8) is 0 Å². The Morgan fingerprint density at radius 3 is 2.56 bits per heavy atom. The number of carbonyl (C=O) groups is 1. The number of hydrogen-bond donors (Lipinski definition) is 0. The molecule has 0 aliphatic carbocycles. The number of piperidine rings is 1. The van der Waals surface area contributed by atoms with Crippen LogP contribution in [0.25, 0.3) is 22.4 Å². The van der Waals surface area contributed by atoms with E-state index in [1.165, 1.54) is 6.07 Å². The molecule has 2 heterocycles. The van der Waals surface area contributed by atoms with Crippen molar-refractivity contribution in [3.05, 3.63) is 83.7 Å². The van der Waals surface area contributed by atoms with Crippen LogP contribution < -0.4 is 4.74 Å². The minimum Gasteiger partial charge on any atom is -0.483 e. The molecule has 5 rings (SSSR count). The highest BCUT2D eigenvalue weighted by molar-refractivity contribution is 5.81. The number of halogens is 1. The first-order chi connectivity index (χ1) is 16.5. The van der Waals surface area contributed by atoms with Crippen LogP contribution in [-0.4, -0.2) is 40.1 Å². The van der Waals surface area contributed by atoms with Crippen molar-refractivity contribution in [2.75, 3.05) is 19.7 Å². The van der Waals surface area contributed by atoms with E-state index in [1.54, 1.807) is 12.1 Å². The number of rotatable bonds is 5. The van der Waals surface area contributed by atoms with Crippen molar-refractivity contribution in [2.24, 2.45) is 0 Å². The Hall–Kier alpha value is -3.67. The lowest BCUT2D eigenvalue weighted by Crippen LogP contribution is -2.41. The van der Waals surface area contributed by atoms with Gasteiger partial charge < -0.3 is 14.2 Å². The van der Waals surface area contributed by atoms with Crippen LogP contribution in [0.15, 0.2) is 66.7 Å². The summed E-state index contributed by atoms with van der Waals surface area (Å²) in [4.78, 5) is 19.5. The number of fused-ring (bicyclic) bond motifs is 1. The molecule has 1 fully saturated rings. The van der Waals surface area contributed by atoms with Crippen molar-refractivity contribution in [1.29, 1.82) is 0 Å². The molecule has 1 aromatic heterocycles. The molecule has 3 aromatic carbocycles. The number of likely N-dealkylation sites (tertiary alicyclic amines) is 1. The maximum Gasteiger partial charge on any atom is 0.260 e. The summed E-state index contributed by atoms with van der Waals surface area (Å²) in [5, 5.41) is 0. The predicted octanol–water partition coefficient (Wildman–Crippen LogP) is 5.70. The maximum absolute atomic E-state index is 14.1. The van der Waals surface area contributed by atoms with E-state index in [0.29, 0.717) is 13.1 Å². The SMILES string of the molecule is Cc1cccc(OCC(=O)N2CCC(n3c(-c4ccccc4)nc4ccc(F)cc43)CC2)c1C. The molecule has 1 saturated heterocycles. The van der Waals surface area contributed by atoms with Crippen LogP contribution in [0.1, 0.15) is 30.0 Å². The van der Waals surface area contributed by atoms with Crippen LogP contribution >= 0.6 is 0 Å². The van der Waals surface area contributed by atoms with Crippen LogP contribution in [0.4, 0.5) is 4.39 Å². The van der Waals surface area contributed by atoms with Crippen molar-refractivity contribution in [1.82, 2.24) is 14.5 Å². The van der Waals surface area contributed by atoms with E-state index in [4.69, 9.17) is 9.72 Å². The molecule has 0 radical (unpaired) electrons. The number of aromatic nitrogens is 2. The molecule has 0 bridgehead atoms. The summed E-state index contributed by atoms with van der Waals surface area (Å²) < 4.78 is 22.1. The van der Waals surface area contributed by atoms with Crippen molar-refractivity contribution in [2.45, 2.75) is 32.7 Å². The first-order valence-corrected chi connectivity index (χ1v) is 11.7. The Morgan fingerprint density at radius 2 is 1.79 bits per heavy atom. The normalized spacial score (nSPS) is 14.5. The first kappa shape index (κ1) is 22.1. The lowest BCUT2D eigenvalue weighted by molar-refractivity contribution is -0.134. The number of carbonyl (C=O) groups excluding carboxylic acids is 1. The van der Waals surface area contributed by atoms with E-state index in [2.05, 4.69) is 4.57 Å². The molecule has 0 spiro atoms. The average molecular weight is 458 g/mol. The molecule has 4 aromatic rings. The topological polar surface area (TPSA) is 47.4 Å². The largest absolute Gasteiger partial charge is 0.483 e. The van der Waals surface area contributed by atoms with Crippen LogP contribution in [0.5, 0.6) is 5.75 Å². The third-order valence-corrected chi connectivity index (χ3v) is 6.77. The molecule has 34 heavy (non-hydrogen) atoms. The average Bonchev–Trinajstić information content (AvgIpc) is 3.24. The predicted molar refractivity (Wildman–Crippen MR) is 131 cm³/mol. The highest BCUT2D eigenvalue weighted by Gasteiger charge is 2.27. The smallest absolute Gasteiger partial charge is 0.260 e. The van der Waals surface area contributed by atoms with Gasteiger partial charge in [-0.15, -0.1) is 0 Å². The van der Waals surface area contributed by atoms with Gasteiger partial charge in [0.25, 0.3) is 5.91 Å². The molecule has 174 valence electrons. The molecule has 0 N–H and O–H groups in total. The Labute approximate surface area is 198 Å². The molecule has 1 amide bonds. The zero-order valence-electron chi connectivity index (χ0n) is 19.5. The molecule has 6 heteroatoms. The maximum atomic E-state index is 14.1. The number of aryl methyl sites for hydroxylation is 1. The Morgan fingerprint density at radius 1 is 1.03 bits per heavy atom. The van der Waals surface area contributed by atoms with Crippen molar-refractivity contribution in [3.8, 4) is 17.1 Å². The summed E-state index contributed by atoms with van der Waals surface area (Å²) in [6.45, 7) is 5.32. The molecule has 1 aliphatic rings. The van der Waals surface area contributed by atoms with Crippen LogP contribution in [0.3, 0.4) is 0 Å². The summed E-state index contributed by atoms with van der Waals surface area (Å²) in [5.74, 6) is 1.31. The van der Waals surface area contributed by atoms with E-state index < -0.39 is 0 Å². The van der Waals surface area contributed by atoms with Gasteiger partial charge in [0.05, 0.1) is 11.0 Å². The zero-order chi connectivity index (χ0) is 23.7. The Kier molecular flexibility index (Phi) is 6.05. The molecule has 5 nitrogen and oxygen atoms in total. The fourth-order valence-electron chi connectivity index (χ4n) is 4.71. The minimum atomic E-state index is -0.274. The first-order valence-electron chi connectivity index (χ1n) is 11.7. The summed E-state index contributed by atoms with van der Waals surface area (Å²) in [7, 11) is 0. The number of amides is 1. The molecule has 0 unspecified atom stereocenters. The minimum absolute atomic E-state index is 0.0100. The van der Waals surface area contributed by atoms with E-state index in [9.17, 15) is 9.18 Å². The Bertz CT molecular complexity index is 1320. The van der Waals surface area contributed by atoms with Gasteiger partial charge >= 0.3 is 0 Å². The number of imidazole rings is 1. The van der Waals surface area contributed by atoms with Crippen molar-refractivity contribution >= 4 is 16.9 Å². The molecular formula is C28H28FN3O2. The van der Waals surface area contributed by atoms with Crippen LogP contribution in [0.2, 0.25) is 0 Å². The highest BCUT2D eigenvalue weighted by atomic mass is 19.1. The van der Waals surface area contributed by atoms with Gasteiger partial charge in [0.1, 0.15) is 17.4 Å². The van der Waals surface area contributed by atoms with Crippen LogP contribution in [-0.2, 0) is 4.79 Å². The third kappa shape index (κ3) is 4.28. The van der Waals surface area contributed by atoms with E-state index >= 15 is 0 Å². The molecule has 1 aliphatic heterocycles. The van der Waals surface area contributed by atoms with E-state index in [0.717, 1.165) is 52.1 Å². The molecule has 0 saturated carbocycles. The summed E-state index contributed by atoms with van der Waals surface area (Å²) in [5.41, 5.74) is 4.77. The van der Waals surface area contributed by atoms with Gasteiger partial charge in [-0.05, 0) is 62.1 Å². The summed E-state index contributed by atoms with van der Waals surface area (Å²) in [6, 6.07) is 20.7. The van der Waals surface area contributed by atoms with Gasteiger partial charge in [-0.1, -0.05) is 42.5 Å². The number of benzene rings is 3. The lowest BCUT2D eigenvalue weighted by atomic mass is 10.0. The fraction of sp³-hybridized carbons (Fsp3) is 0.286. The van der Waals surface area contributed by atoms with Gasteiger partial charge in [-0.2, -0.15) is 0 Å². The summed E-state index contributed by atoms with van der Waals surface area (Å²) >= 11 is 0. The lowest BCUT2D eigenvalue weighted by Gasteiger charge is -2.33. The number of ether oxygens (including phenoxy) is 1. The molecule has 0 atom stereocenters. The van der Waals surface area contributed by atoms with Gasteiger partial charge in [0.15, 0.2) is 6.61 Å². The number of nitrogens with zero attached hydrogens (tertiary/aromatic N) is 3. The summed E-state index contributed by atoms with van der Waals surface area (Å²) in [6.07, 6.45) is 1.55. The van der Waals surface area contributed by atoms with Crippen LogP contribution in [0, 0.1) is 19.7 Å². The third-order valence-electron chi connectivity index (χ3n) is 6.77. The highest BCUT2D eigenvalue weighted by Crippen LogP contribution is 2.33. The van der Waals surface area contributed by atoms with E-state index in [-0.39, 0.29) is 24.4 Å². The van der Waals surface area contributed by atoms with Gasteiger partial charge in [-0.3, -0.25) is 4.79 Å². The van der Waals surface area contributed by atoms with Gasteiger partial charge in [0.2, 0.25) is 0 Å². The number of hydrogen-bond acceptors (Lipinski definition) is 3.